The van der Waals surface area contributed by atoms with Crippen LogP contribution in [0.25, 0.3) is 0 Å². The predicted octanol–water partition coefficient (Wildman–Crippen LogP) is 3.60. The van der Waals surface area contributed by atoms with Crippen LogP contribution in [0.2, 0.25) is 0 Å². The van der Waals surface area contributed by atoms with E-state index in [-0.39, 0.29) is 24.4 Å². The van der Waals surface area contributed by atoms with Gasteiger partial charge in [-0.1, -0.05) is 24.6 Å². The van der Waals surface area contributed by atoms with Crippen molar-refractivity contribution in [1.29, 1.82) is 0 Å². The summed E-state index contributed by atoms with van der Waals surface area (Å²) in [5.41, 5.74) is 1.39. The van der Waals surface area contributed by atoms with Crippen molar-refractivity contribution in [3.05, 3.63) is 35.9 Å². The van der Waals surface area contributed by atoms with Gasteiger partial charge in [0.05, 0.1) is 20.1 Å². The molecule has 1 amide bonds. The van der Waals surface area contributed by atoms with Gasteiger partial charge in [-0.3, -0.25) is 9.59 Å². The number of methoxy groups -OCH3 is 2. The minimum absolute atomic E-state index is 0.0832. The molecule has 0 radical (unpaired) electrons. The number of rotatable bonds is 10. The molecule has 1 aromatic rings. The van der Waals surface area contributed by atoms with Crippen LogP contribution in [0.1, 0.15) is 39.0 Å². The molecule has 28 heavy (non-hydrogen) atoms. The monoisotopic (exact) mass is 389 g/mol. The number of hydrogen-bond donors (Lipinski definition) is 0. The molecule has 0 saturated heterocycles. The Hall–Kier alpha value is -2.50. The lowest BCUT2D eigenvalue weighted by Crippen LogP contribution is -2.40. The summed E-state index contributed by atoms with van der Waals surface area (Å²) in [7, 11) is 2.95. The molecule has 0 aliphatic heterocycles. The van der Waals surface area contributed by atoms with Crippen LogP contribution in [0, 0.1) is 5.92 Å². The lowest BCUT2D eigenvalue weighted by Gasteiger charge is -2.26. The predicted molar refractivity (Wildman–Crippen MR) is 107 cm³/mol. The second-order valence-corrected chi connectivity index (χ2v) is 7.09. The smallest absolute Gasteiger partial charge is 0.310 e. The third-order valence-electron chi connectivity index (χ3n) is 4.94. The number of nitrogens with zero attached hydrogens (tertiary/aromatic N) is 1. The molecule has 6 heteroatoms. The molecule has 6 nitrogen and oxygen atoms in total. The van der Waals surface area contributed by atoms with Crippen molar-refractivity contribution in [2.45, 2.75) is 39.0 Å². The summed E-state index contributed by atoms with van der Waals surface area (Å²) >= 11 is 0. The Morgan fingerprint density at radius 2 is 1.96 bits per heavy atom. The molecule has 0 N–H and O–H groups in total. The standard InChI is InChI=1S/C22H31NO5/c1-17(22(25)27-3)15-23(13-12-18-8-5-4-6-9-18)21(24)16-28-20-11-7-10-19(14-20)26-2/h7-8,10-11,14,17H,4-6,9,12-13,15-16H2,1-3H3. The number of allylic oxidation sites excluding steroid dienone is 1. The van der Waals surface area contributed by atoms with Gasteiger partial charge in [0.1, 0.15) is 11.5 Å². The molecule has 0 fully saturated rings. The number of esters is 1. The van der Waals surface area contributed by atoms with Crippen LogP contribution in [0.15, 0.2) is 35.9 Å². The summed E-state index contributed by atoms with van der Waals surface area (Å²) in [6, 6.07) is 7.15. The highest BCUT2D eigenvalue weighted by molar-refractivity contribution is 5.79. The summed E-state index contributed by atoms with van der Waals surface area (Å²) in [5.74, 6) is 0.401. The molecule has 1 atom stereocenters. The average molecular weight is 389 g/mol. The molecule has 1 aliphatic carbocycles. The van der Waals surface area contributed by atoms with E-state index in [1.165, 1.54) is 25.5 Å². The minimum Gasteiger partial charge on any atom is -0.497 e. The Morgan fingerprint density at radius 3 is 2.64 bits per heavy atom. The van der Waals surface area contributed by atoms with Gasteiger partial charge in [-0.25, -0.2) is 0 Å². The zero-order chi connectivity index (χ0) is 20.4. The molecule has 0 bridgehead atoms. The molecule has 0 aromatic heterocycles. The number of amides is 1. The van der Waals surface area contributed by atoms with Crippen molar-refractivity contribution in [3.8, 4) is 11.5 Å². The molecule has 0 spiro atoms. The Bertz CT molecular complexity index is 685. The van der Waals surface area contributed by atoms with Crippen LogP contribution < -0.4 is 9.47 Å². The van der Waals surface area contributed by atoms with Gasteiger partial charge in [0.25, 0.3) is 5.91 Å². The highest BCUT2D eigenvalue weighted by Gasteiger charge is 2.22. The van der Waals surface area contributed by atoms with Crippen molar-refractivity contribution in [1.82, 2.24) is 4.90 Å². The molecule has 0 heterocycles. The van der Waals surface area contributed by atoms with Gasteiger partial charge in [-0.15, -0.1) is 0 Å². The van der Waals surface area contributed by atoms with Crippen LogP contribution in [0.5, 0.6) is 11.5 Å². The molecule has 1 aliphatic rings. The van der Waals surface area contributed by atoms with Crippen LogP contribution >= 0.6 is 0 Å². The van der Waals surface area contributed by atoms with E-state index in [1.54, 1.807) is 31.1 Å². The van der Waals surface area contributed by atoms with E-state index >= 15 is 0 Å². The summed E-state index contributed by atoms with van der Waals surface area (Å²) in [6.07, 6.45) is 7.76. The third-order valence-corrected chi connectivity index (χ3v) is 4.94. The number of hydrogen-bond acceptors (Lipinski definition) is 5. The summed E-state index contributed by atoms with van der Waals surface area (Å²) in [4.78, 5) is 26.3. The second-order valence-electron chi connectivity index (χ2n) is 7.09. The van der Waals surface area contributed by atoms with Crippen LogP contribution in [-0.4, -0.2) is 50.7 Å². The van der Waals surface area contributed by atoms with Gasteiger partial charge in [-0.05, 0) is 44.2 Å². The van der Waals surface area contributed by atoms with E-state index in [2.05, 4.69) is 6.08 Å². The Kier molecular flexibility index (Phi) is 8.85. The van der Waals surface area contributed by atoms with Gasteiger partial charge in [0.2, 0.25) is 0 Å². The zero-order valence-corrected chi connectivity index (χ0v) is 17.1. The Morgan fingerprint density at radius 1 is 1.18 bits per heavy atom. The van der Waals surface area contributed by atoms with Gasteiger partial charge in [0.15, 0.2) is 6.61 Å². The summed E-state index contributed by atoms with van der Waals surface area (Å²) < 4.78 is 15.6. The van der Waals surface area contributed by atoms with E-state index in [0.29, 0.717) is 24.6 Å². The van der Waals surface area contributed by atoms with Gasteiger partial charge >= 0.3 is 5.97 Å². The fraction of sp³-hybridized carbons (Fsp3) is 0.545. The van der Waals surface area contributed by atoms with Crippen LogP contribution in [-0.2, 0) is 14.3 Å². The first-order chi connectivity index (χ1) is 13.5. The Labute approximate surface area is 167 Å². The second kappa shape index (κ2) is 11.4. The molecule has 1 unspecified atom stereocenters. The lowest BCUT2D eigenvalue weighted by molar-refractivity contribution is -0.146. The molecular weight excluding hydrogens is 358 g/mol. The molecule has 1 aromatic carbocycles. The maximum Gasteiger partial charge on any atom is 0.310 e. The number of carbonyl (C=O) groups is 2. The summed E-state index contributed by atoms with van der Waals surface area (Å²) in [5, 5.41) is 0. The molecular formula is C22H31NO5. The normalized spacial score (nSPS) is 14.6. The molecule has 154 valence electrons. The lowest BCUT2D eigenvalue weighted by atomic mass is 9.97. The topological polar surface area (TPSA) is 65.1 Å². The maximum atomic E-state index is 12.8. The number of carbonyl (C=O) groups excluding carboxylic acids is 2. The first-order valence-corrected chi connectivity index (χ1v) is 9.84. The molecule has 0 saturated carbocycles. The quantitative estimate of drug-likeness (QED) is 0.452. The number of ether oxygens (including phenoxy) is 3. The fourth-order valence-electron chi connectivity index (χ4n) is 3.26. The van der Waals surface area contributed by atoms with E-state index in [9.17, 15) is 9.59 Å². The minimum atomic E-state index is -0.383. The highest BCUT2D eigenvalue weighted by atomic mass is 16.5. The maximum absolute atomic E-state index is 12.8. The van der Waals surface area contributed by atoms with E-state index in [1.807, 2.05) is 12.1 Å². The fourth-order valence-corrected chi connectivity index (χ4v) is 3.26. The van der Waals surface area contributed by atoms with Crippen molar-refractivity contribution in [3.63, 3.8) is 0 Å². The van der Waals surface area contributed by atoms with Gasteiger partial charge < -0.3 is 19.1 Å². The van der Waals surface area contributed by atoms with E-state index in [4.69, 9.17) is 14.2 Å². The third kappa shape index (κ3) is 6.91. The highest BCUT2D eigenvalue weighted by Crippen LogP contribution is 2.21. The van der Waals surface area contributed by atoms with Gasteiger partial charge in [0, 0.05) is 19.2 Å². The number of benzene rings is 1. The van der Waals surface area contributed by atoms with E-state index in [0.717, 1.165) is 19.3 Å². The van der Waals surface area contributed by atoms with Crippen LogP contribution in [0.3, 0.4) is 0 Å². The van der Waals surface area contributed by atoms with E-state index < -0.39 is 0 Å². The van der Waals surface area contributed by atoms with Crippen molar-refractivity contribution < 1.29 is 23.8 Å². The zero-order valence-electron chi connectivity index (χ0n) is 17.1. The molecule has 2 rings (SSSR count). The Balaban J connectivity index is 1.97. The SMILES string of the molecule is COC(=O)C(C)CN(CCC1=CCCCC1)C(=O)COc1cccc(OC)c1. The van der Waals surface area contributed by atoms with Crippen LogP contribution in [0.4, 0.5) is 0 Å². The van der Waals surface area contributed by atoms with Gasteiger partial charge in [-0.2, -0.15) is 0 Å². The first kappa shape index (κ1) is 21.8. The van der Waals surface area contributed by atoms with Crippen molar-refractivity contribution in [2.24, 2.45) is 5.92 Å². The first-order valence-electron chi connectivity index (χ1n) is 9.84. The average Bonchev–Trinajstić information content (AvgIpc) is 2.74. The van der Waals surface area contributed by atoms with Crippen molar-refractivity contribution in [2.75, 3.05) is 33.9 Å². The largest absolute Gasteiger partial charge is 0.497 e. The summed E-state index contributed by atoms with van der Waals surface area (Å²) in [6.45, 7) is 2.59. The van der Waals surface area contributed by atoms with Crippen molar-refractivity contribution >= 4 is 11.9 Å².